The van der Waals surface area contributed by atoms with E-state index >= 15 is 0 Å². The van der Waals surface area contributed by atoms with Gasteiger partial charge in [-0.1, -0.05) is 0 Å². The van der Waals surface area contributed by atoms with Crippen molar-refractivity contribution in [1.82, 2.24) is 5.43 Å². The molecule has 0 aromatic rings. The van der Waals surface area contributed by atoms with Gasteiger partial charge in [-0.15, -0.1) is 15.5 Å². The van der Waals surface area contributed by atoms with E-state index in [0.29, 0.717) is 0 Å². The van der Waals surface area contributed by atoms with Gasteiger partial charge >= 0.3 is 0 Å². The maximum Gasteiger partial charge on any atom is 0.291 e. The highest BCUT2D eigenvalue weighted by Crippen LogP contribution is 1.54. The molecule has 0 saturated heterocycles. The Hall–Kier alpha value is -1.64. The van der Waals surface area contributed by atoms with Gasteiger partial charge in [-0.25, -0.2) is 10.1 Å². The van der Waals surface area contributed by atoms with E-state index in [4.69, 9.17) is 20.4 Å². The van der Waals surface area contributed by atoms with Crippen LogP contribution in [0.4, 0.5) is 0 Å². The molecule has 0 fully saturated rings. The highest BCUT2D eigenvalue weighted by atomic mass is 16.9. The number of nitro groups is 1. The Bertz CT molecular complexity index is 121. The smallest absolute Gasteiger partial charge is 0.291 e. The van der Waals surface area contributed by atoms with Gasteiger partial charge in [-0.2, -0.15) is 0 Å². The Balaban J connectivity index is 0. The number of hydrogen-bond acceptors (Lipinski definition) is 5. The number of rotatable bonds is 3. The lowest BCUT2D eigenvalue weighted by Crippen LogP contribution is -2.24. The van der Waals surface area contributed by atoms with E-state index in [1.807, 2.05) is 0 Å². The zero-order valence-corrected chi connectivity index (χ0v) is 5.34. The van der Waals surface area contributed by atoms with Gasteiger partial charge in [-0.3, -0.25) is 0 Å². The Labute approximate surface area is 60.5 Å². The quantitative estimate of drug-likeness (QED) is 0.342. The highest BCUT2D eigenvalue weighted by Gasteiger charge is 1.86. The molecule has 0 atom stereocenters. The summed E-state index contributed by atoms with van der Waals surface area (Å²) in [7, 11) is 0. The number of aliphatic hydroxyl groups is 1. The second-order valence-electron chi connectivity index (χ2n) is 1.13. The third-order valence-electron chi connectivity index (χ3n) is 0.353. The highest BCUT2D eigenvalue weighted by molar-refractivity contribution is 4.23. The van der Waals surface area contributed by atoms with Crippen molar-refractivity contribution in [1.29, 1.82) is 0 Å². The molecule has 11 heavy (non-hydrogen) atoms. The van der Waals surface area contributed by atoms with Crippen molar-refractivity contribution in [3.05, 3.63) is 20.2 Å². The molecule has 0 heterocycles. The van der Waals surface area contributed by atoms with Crippen molar-refractivity contribution in [3.8, 4) is 0 Å². The van der Waals surface area contributed by atoms with Crippen molar-refractivity contribution >= 4 is 0 Å². The number of hydrogen-bond donors (Lipinski definition) is 3. The van der Waals surface area contributed by atoms with Crippen LogP contribution in [-0.4, -0.2) is 33.6 Å². The lowest BCUT2D eigenvalue weighted by atomic mass is 10.7. The van der Waals surface area contributed by atoms with Gasteiger partial charge in [-0.05, 0) is 0 Å². The van der Waals surface area contributed by atoms with Crippen LogP contribution >= 0.6 is 0 Å². The summed E-state index contributed by atoms with van der Waals surface area (Å²) in [5.41, 5.74) is 1.77. The number of nitrogens with zero attached hydrogens (tertiary/aromatic N) is 2. The summed E-state index contributed by atoms with van der Waals surface area (Å²) < 4.78 is 0. The van der Waals surface area contributed by atoms with Crippen LogP contribution in [-0.2, 0) is 0 Å². The third-order valence-corrected chi connectivity index (χ3v) is 0.353. The number of nitrogens with one attached hydrogen (secondary N) is 1. The van der Waals surface area contributed by atoms with Crippen LogP contribution in [0.2, 0.25) is 0 Å². The topological polar surface area (TPSA) is 139 Å². The lowest BCUT2D eigenvalue weighted by molar-refractivity contribution is -0.742. The molecular formula is C2H7N3O6. The molecule has 66 valence electrons. The van der Waals surface area contributed by atoms with Gasteiger partial charge in [0.15, 0.2) is 5.03 Å². The summed E-state index contributed by atoms with van der Waals surface area (Å²) in [6.45, 7) is -0.200. The molecular weight excluding hydrogens is 162 g/mol. The normalized spacial score (nSPS) is 7.36. The third kappa shape index (κ3) is 60.7. The SMILES string of the molecule is O=[N+]([O-])NCCO.O=[N+]([O-])O. The van der Waals surface area contributed by atoms with E-state index in [2.05, 4.69) is 0 Å². The molecule has 0 aliphatic rings. The van der Waals surface area contributed by atoms with E-state index in [1.54, 1.807) is 5.43 Å². The maximum absolute atomic E-state index is 9.34. The summed E-state index contributed by atoms with van der Waals surface area (Å²) >= 11 is 0. The van der Waals surface area contributed by atoms with E-state index in [-0.39, 0.29) is 13.2 Å². The fourth-order valence-electron chi connectivity index (χ4n) is 0.141. The van der Waals surface area contributed by atoms with Crippen LogP contribution in [0.1, 0.15) is 0 Å². The van der Waals surface area contributed by atoms with Gasteiger partial charge in [0.2, 0.25) is 0 Å². The molecule has 0 radical (unpaired) electrons. The zero-order chi connectivity index (χ0) is 9.28. The van der Waals surface area contributed by atoms with Gasteiger partial charge in [0, 0.05) is 0 Å². The Kier molecular flexibility index (Phi) is 9.18. The van der Waals surface area contributed by atoms with Crippen LogP contribution in [0.5, 0.6) is 0 Å². The Morgan fingerprint density at radius 3 is 1.82 bits per heavy atom. The van der Waals surface area contributed by atoms with Gasteiger partial charge in [0.05, 0.1) is 13.2 Å². The minimum atomic E-state index is -1.50. The fraction of sp³-hybridized carbons (Fsp3) is 1.00. The Morgan fingerprint density at radius 2 is 1.73 bits per heavy atom. The maximum atomic E-state index is 9.34. The molecule has 0 aliphatic heterocycles. The lowest BCUT2D eigenvalue weighted by Gasteiger charge is -1.87. The summed E-state index contributed by atoms with van der Waals surface area (Å²) in [6.07, 6.45) is 0. The van der Waals surface area contributed by atoms with Crippen molar-refractivity contribution in [2.24, 2.45) is 0 Å². The first-order chi connectivity index (χ1) is 5.00. The van der Waals surface area contributed by atoms with Crippen molar-refractivity contribution in [2.75, 3.05) is 13.2 Å². The van der Waals surface area contributed by atoms with Gasteiger partial charge in [0.25, 0.3) is 5.09 Å². The first kappa shape index (κ1) is 12.1. The largest absolute Gasteiger partial charge is 0.394 e. The molecule has 0 unspecified atom stereocenters. The molecule has 0 aromatic heterocycles. The first-order valence-corrected chi connectivity index (χ1v) is 2.32. The molecule has 0 aromatic carbocycles. The van der Waals surface area contributed by atoms with Crippen molar-refractivity contribution < 1.29 is 20.4 Å². The second kappa shape index (κ2) is 8.36. The number of hydrazine groups is 1. The van der Waals surface area contributed by atoms with E-state index in [1.165, 1.54) is 0 Å². The average Bonchev–Trinajstić information content (AvgIpc) is 1.82. The minimum Gasteiger partial charge on any atom is -0.394 e. The van der Waals surface area contributed by atoms with E-state index in [0.717, 1.165) is 0 Å². The standard InChI is InChI=1S/C2H6N2O3.HNO3/c5-2-1-3-4(6)7;2-1(3)4/h3,5H,1-2H2;(H,2,3,4). The zero-order valence-electron chi connectivity index (χ0n) is 5.34. The van der Waals surface area contributed by atoms with Crippen molar-refractivity contribution in [3.63, 3.8) is 0 Å². The van der Waals surface area contributed by atoms with E-state index < -0.39 is 10.1 Å². The molecule has 3 N–H and O–H groups in total. The molecule has 0 amide bonds. The second-order valence-corrected chi connectivity index (χ2v) is 1.13. The molecule has 9 heteroatoms. The van der Waals surface area contributed by atoms with Crippen LogP contribution in [0.25, 0.3) is 0 Å². The molecule has 0 saturated carbocycles. The van der Waals surface area contributed by atoms with Gasteiger partial charge < -0.3 is 10.3 Å². The molecule has 0 bridgehead atoms. The molecule has 0 spiro atoms. The van der Waals surface area contributed by atoms with Crippen LogP contribution in [0, 0.1) is 20.2 Å². The summed E-state index contributed by atoms with van der Waals surface area (Å²) in [6, 6.07) is 0. The fourth-order valence-corrected chi connectivity index (χ4v) is 0.141. The van der Waals surface area contributed by atoms with Crippen molar-refractivity contribution in [2.45, 2.75) is 0 Å². The molecule has 0 rings (SSSR count). The summed E-state index contributed by atoms with van der Waals surface area (Å²) in [5.74, 6) is 0. The monoisotopic (exact) mass is 169 g/mol. The summed E-state index contributed by atoms with van der Waals surface area (Å²) in [5, 5.41) is 30.2. The number of aliphatic hydroxyl groups excluding tert-OH is 1. The first-order valence-electron chi connectivity index (χ1n) is 2.32. The van der Waals surface area contributed by atoms with Crippen LogP contribution in [0.15, 0.2) is 0 Å². The molecule has 9 nitrogen and oxygen atoms in total. The Morgan fingerprint density at radius 1 is 1.36 bits per heavy atom. The average molecular weight is 169 g/mol. The molecule has 0 aliphatic carbocycles. The van der Waals surface area contributed by atoms with E-state index in [9.17, 15) is 10.1 Å². The predicted octanol–water partition coefficient (Wildman–Crippen LogP) is -1.59. The minimum absolute atomic E-state index is 0.00694. The predicted molar refractivity (Wildman–Crippen MR) is 30.9 cm³/mol. The summed E-state index contributed by atoms with van der Waals surface area (Å²) in [4.78, 5) is 17.7. The van der Waals surface area contributed by atoms with Crippen LogP contribution in [0.3, 0.4) is 0 Å². The van der Waals surface area contributed by atoms with Gasteiger partial charge in [0.1, 0.15) is 0 Å². The van der Waals surface area contributed by atoms with Crippen LogP contribution < -0.4 is 5.43 Å².